The van der Waals surface area contributed by atoms with E-state index in [-0.39, 0.29) is 11.9 Å². The number of rotatable bonds is 4. The Balaban J connectivity index is 1.70. The Morgan fingerprint density at radius 3 is 2.62 bits per heavy atom. The standard InChI is InChI=1S/C18H29N5O3/c1-13(2)4-6-19-18(25)23-7-5-15-14(12-23)16(20-21(15)3)17(24)22-8-10-26-11-9-22/h13H,4-12H2,1-3H3,(H,19,25). The Bertz CT molecular complexity index is 664. The number of hydrogen-bond donors (Lipinski definition) is 1. The zero-order chi connectivity index (χ0) is 18.7. The van der Waals surface area contributed by atoms with Crippen LogP contribution in [0.2, 0.25) is 0 Å². The van der Waals surface area contributed by atoms with Gasteiger partial charge in [0, 0.05) is 50.9 Å². The number of amides is 3. The number of urea groups is 1. The Morgan fingerprint density at radius 1 is 1.19 bits per heavy atom. The van der Waals surface area contributed by atoms with E-state index in [4.69, 9.17) is 4.74 Å². The number of morpholine rings is 1. The van der Waals surface area contributed by atoms with Crippen LogP contribution in [0, 0.1) is 5.92 Å². The average Bonchev–Trinajstić information content (AvgIpc) is 2.97. The lowest BCUT2D eigenvalue weighted by atomic mass is 10.0. The normalized spacial score (nSPS) is 17.4. The summed E-state index contributed by atoms with van der Waals surface area (Å²) in [6.07, 6.45) is 1.67. The predicted molar refractivity (Wildman–Crippen MR) is 96.9 cm³/mol. The molecule has 1 fully saturated rings. The minimum absolute atomic E-state index is 0.0628. The van der Waals surface area contributed by atoms with Crippen LogP contribution >= 0.6 is 0 Å². The summed E-state index contributed by atoms with van der Waals surface area (Å²) in [7, 11) is 1.87. The zero-order valence-corrected chi connectivity index (χ0v) is 16.0. The second-order valence-corrected chi connectivity index (χ2v) is 7.39. The van der Waals surface area contributed by atoms with Gasteiger partial charge in [0.1, 0.15) is 0 Å². The summed E-state index contributed by atoms with van der Waals surface area (Å²) in [6.45, 7) is 8.32. The van der Waals surface area contributed by atoms with Crippen molar-refractivity contribution >= 4 is 11.9 Å². The molecule has 2 aliphatic heterocycles. The largest absolute Gasteiger partial charge is 0.378 e. The Labute approximate surface area is 154 Å². The highest BCUT2D eigenvalue weighted by atomic mass is 16.5. The molecule has 1 aromatic rings. The summed E-state index contributed by atoms with van der Waals surface area (Å²) in [5.41, 5.74) is 2.41. The first-order chi connectivity index (χ1) is 12.5. The Kier molecular flexibility index (Phi) is 5.80. The lowest BCUT2D eigenvalue weighted by Gasteiger charge is -2.29. The van der Waals surface area contributed by atoms with E-state index in [0.717, 1.165) is 17.7 Å². The number of carbonyl (C=O) groups is 2. The van der Waals surface area contributed by atoms with Crippen molar-refractivity contribution < 1.29 is 14.3 Å². The van der Waals surface area contributed by atoms with Crippen molar-refractivity contribution in [1.29, 1.82) is 0 Å². The molecule has 3 rings (SSSR count). The molecular formula is C18H29N5O3. The van der Waals surface area contributed by atoms with Crippen LogP contribution in [0.25, 0.3) is 0 Å². The third kappa shape index (κ3) is 4.00. The fourth-order valence-electron chi connectivity index (χ4n) is 3.43. The molecule has 1 saturated heterocycles. The summed E-state index contributed by atoms with van der Waals surface area (Å²) < 4.78 is 7.11. The minimum atomic E-state index is -0.0649. The first kappa shape index (κ1) is 18.7. The topological polar surface area (TPSA) is 79.7 Å². The van der Waals surface area contributed by atoms with Crippen LogP contribution in [-0.4, -0.2) is 70.9 Å². The van der Waals surface area contributed by atoms with Crippen LogP contribution in [0.1, 0.15) is 42.0 Å². The van der Waals surface area contributed by atoms with Crippen molar-refractivity contribution in [3.05, 3.63) is 17.0 Å². The fourth-order valence-corrected chi connectivity index (χ4v) is 3.43. The van der Waals surface area contributed by atoms with Gasteiger partial charge in [-0.05, 0) is 12.3 Å². The quantitative estimate of drug-likeness (QED) is 0.866. The van der Waals surface area contributed by atoms with Gasteiger partial charge in [0.05, 0.1) is 19.8 Å². The zero-order valence-electron chi connectivity index (χ0n) is 16.0. The Morgan fingerprint density at radius 2 is 1.92 bits per heavy atom. The second-order valence-electron chi connectivity index (χ2n) is 7.39. The smallest absolute Gasteiger partial charge is 0.317 e. The summed E-state index contributed by atoms with van der Waals surface area (Å²) in [4.78, 5) is 28.9. The summed E-state index contributed by atoms with van der Waals surface area (Å²) >= 11 is 0. The van der Waals surface area contributed by atoms with Gasteiger partial charge in [0.25, 0.3) is 5.91 Å². The van der Waals surface area contributed by atoms with E-state index in [0.29, 0.717) is 64.0 Å². The number of aryl methyl sites for hydroxylation is 1. The van der Waals surface area contributed by atoms with Crippen molar-refractivity contribution in [3.8, 4) is 0 Å². The van der Waals surface area contributed by atoms with Crippen LogP contribution in [0.4, 0.5) is 4.79 Å². The first-order valence-corrected chi connectivity index (χ1v) is 9.42. The van der Waals surface area contributed by atoms with Crippen molar-refractivity contribution in [1.82, 2.24) is 24.9 Å². The molecule has 8 heteroatoms. The third-order valence-corrected chi connectivity index (χ3v) is 5.03. The van der Waals surface area contributed by atoms with E-state index in [1.165, 1.54) is 0 Å². The van der Waals surface area contributed by atoms with Gasteiger partial charge in [-0.3, -0.25) is 9.48 Å². The molecule has 0 saturated carbocycles. The molecule has 3 amide bonds. The van der Waals surface area contributed by atoms with Gasteiger partial charge in [-0.2, -0.15) is 5.10 Å². The predicted octanol–water partition coefficient (Wildman–Crippen LogP) is 1.01. The molecule has 0 spiro atoms. The first-order valence-electron chi connectivity index (χ1n) is 9.42. The van der Waals surface area contributed by atoms with Gasteiger partial charge in [-0.25, -0.2) is 4.79 Å². The summed E-state index contributed by atoms with van der Waals surface area (Å²) in [5, 5.41) is 7.45. The van der Waals surface area contributed by atoms with Crippen LogP contribution in [-0.2, 0) is 24.8 Å². The number of aromatic nitrogens is 2. The number of fused-ring (bicyclic) bond motifs is 1. The molecular weight excluding hydrogens is 334 g/mol. The lowest BCUT2D eigenvalue weighted by Crippen LogP contribution is -2.44. The van der Waals surface area contributed by atoms with Gasteiger partial charge in [0.2, 0.25) is 0 Å². The fraction of sp³-hybridized carbons (Fsp3) is 0.722. The maximum Gasteiger partial charge on any atom is 0.317 e. The van der Waals surface area contributed by atoms with Crippen LogP contribution < -0.4 is 5.32 Å². The third-order valence-electron chi connectivity index (χ3n) is 5.03. The van der Waals surface area contributed by atoms with Gasteiger partial charge in [0.15, 0.2) is 5.69 Å². The van der Waals surface area contributed by atoms with Crippen LogP contribution in [0.3, 0.4) is 0 Å². The number of ether oxygens (including phenoxy) is 1. The van der Waals surface area contributed by atoms with Gasteiger partial charge >= 0.3 is 6.03 Å². The number of hydrogen-bond acceptors (Lipinski definition) is 4. The summed E-state index contributed by atoms with van der Waals surface area (Å²) in [6, 6.07) is -0.0649. The van der Waals surface area contributed by atoms with Crippen molar-refractivity contribution in [3.63, 3.8) is 0 Å². The maximum absolute atomic E-state index is 12.9. The number of nitrogens with one attached hydrogen (secondary N) is 1. The monoisotopic (exact) mass is 363 g/mol. The molecule has 0 atom stereocenters. The molecule has 0 bridgehead atoms. The molecule has 8 nitrogen and oxygen atoms in total. The van der Waals surface area contributed by atoms with E-state index < -0.39 is 0 Å². The molecule has 2 aliphatic rings. The van der Waals surface area contributed by atoms with E-state index in [1.807, 2.05) is 7.05 Å². The van der Waals surface area contributed by atoms with E-state index in [2.05, 4.69) is 24.3 Å². The highest BCUT2D eigenvalue weighted by molar-refractivity contribution is 5.94. The minimum Gasteiger partial charge on any atom is -0.378 e. The molecule has 1 aromatic heterocycles. The highest BCUT2D eigenvalue weighted by Crippen LogP contribution is 2.23. The van der Waals surface area contributed by atoms with Crippen molar-refractivity contribution in [2.45, 2.75) is 33.2 Å². The van der Waals surface area contributed by atoms with Gasteiger partial charge in [-0.15, -0.1) is 0 Å². The molecule has 0 aromatic carbocycles. The molecule has 26 heavy (non-hydrogen) atoms. The van der Waals surface area contributed by atoms with E-state index in [9.17, 15) is 9.59 Å². The van der Waals surface area contributed by atoms with E-state index in [1.54, 1.807) is 14.5 Å². The van der Waals surface area contributed by atoms with Gasteiger partial charge in [-0.1, -0.05) is 13.8 Å². The maximum atomic E-state index is 12.9. The van der Waals surface area contributed by atoms with Crippen molar-refractivity contribution in [2.24, 2.45) is 13.0 Å². The summed E-state index contributed by atoms with van der Waals surface area (Å²) in [5.74, 6) is 0.492. The molecule has 144 valence electrons. The average molecular weight is 363 g/mol. The molecule has 3 heterocycles. The van der Waals surface area contributed by atoms with E-state index >= 15 is 0 Å². The van der Waals surface area contributed by atoms with Crippen molar-refractivity contribution in [2.75, 3.05) is 39.4 Å². The molecule has 0 unspecified atom stereocenters. The second kappa shape index (κ2) is 8.07. The SMILES string of the molecule is CC(C)CCNC(=O)N1CCc2c(c(C(=O)N3CCOCC3)nn2C)C1. The van der Waals surface area contributed by atoms with Crippen LogP contribution in [0.5, 0.6) is 0 Å². The molecule has 0 radical (unpaired) electrons. The Hall–Kier alpha value is -2.09. The lowest BCUT2D eigenvalue weighted by molar-refractivity contribution is 0.0297. The molecule has 0 aliphatic carbocycles. The van der Waals surface area contributed by atoms with Gasteiger partial charge < -0.3 is 19.9 Å². The highest BCUT2D eigenvalue weighted by Gasteiger charge is 2.31. The number of carbonyl (C=O) groups excluding carboxylic acids is 2. The molecule has 1 N–H and O–H groups in total. The number of nitrogens with zero attached hydrogens (tertiary/aromatic N) is 4. The van der Waals surface area contributed by atoms with Crippen LogP contribution in [0.15, 0.2) is 0 Å².